The van der Waals surface area contributed by atoms with E-state index in [1.807, 2.05) is 32.0 Å². The number of amides is 2. The van der Waals surface area contributed by atoms with Crippen LogP contribution in [-0.2, 0) is 9.59 Å². The van der Waals surface area contributed by atoms with Crippen molar-refractivity contribution in [1.82, 2.24) is 21.7 Å². The number of carbonyl (C=O) groups is 2. The van der Waals surface area contributed by atoms with Gasteiger partial charge in [0.05, 0.1) is 4.83 Å². The second-order valence-corrected chi connectivity index (χ2v) is 7.97. The second-order valence-electron chi connectivity index (χ2n) is 6.92. The number of hydrazine groups is 2. The second kappa shape index (κ2) is 8.83. The van der Waals surface area contributed by atoms with Gasteiger partial charge >= 0.3 is 0 Å². The van der Waals surface area contributed by atoms with E-state index >= 15 is 0 Å². The third-order valence-corrected chi connectivity index (χ3v) is 5.70. The van der Waals surface area contributed by atoms with Gasteiger partial charge in [0.25, 0.3) is 11.8 Å². The number of hydrogen-bond acceptors (Lipinski definition) is 5. The van der Waals surface area contributed by atoms with E-state index in [-0.39, 0.29) is 16.8 Å². The van der Waals surface area contributed by atoms with Gasteiger partial charge in [0, 0.05) is 6.04 Å². The van der Waals surface area contributed by atoms with E-state index in [1.165, 1.54) is 0 Å². The Morgan fingerprint density at radius 3 is 2.46 bits per heavy atom. The molecule has 0 saturated carbocycles. The van der Waals surface area contributed by atoms with Gasteiger partial charge in [0.1, 0.15) is 11.8 Å². The fraction of sp³-hybridized carbons (Fsp3) is 0.556. The van der Waals surface area contributed by atoms with Crippen molar-refractivity contribution in [1.29, 1.82) is 0 Å². The SMILES string of the molecule is Cc1cccc(OC(C)C(=O)NNC(=O)C2NNC(C(C)C)C2Br)c1C. The monoisotopic (exact) mass is 426 g/mol. The van der Waals surface area contributed by atoms with Crippen LogP contribution in [0, 0.1) is 19.8 Å². The quantitative estimate of drug-likeness (QED) is 0.422. The van der Waals surface area contributed by atoms with Crippen molar-refractivity contribution in [2.24, 2.45) is 5.92 Å². The number of carbonyl (C=O) groups excluding carboxylic acids is 2. The van der Waals surface area contributed by atoms with Crippen molar-refractivity contribution in [3.8, 4) is 5.75 Å². The Balaban J connectivity index is 1.86. The van der Waals surface area contributed by atoms with E-state index in [0.29, 0.717) is 11.7 Å². The van der Waals surface area contributed by atoms with E-state index in [9.17, 15) is 9.59 Å². The fourth-order valence-electron chi connectivity index (χ4n) is 2.70. The molecule has 26 heavy (non-hydrogen) atoms. The lowest BCUT2D eigenvalue weighted by atomic mass is 9.99. The van der Waals surface area contributed by atoms with Crippen LogP contribution in [0.5, 0.6) is 5.75 Å². The molecule has 4 unspecified atom stereocenters. The van der Waals surface area contributed by atoms with E-state index in [4.69, 9.17) is 4.74 Å². The first-order chi connectivity index (χ1) is 12.2. The largest absolute Gasteiger partial charge is 0.481 e. The van der Waals surface area contributed by atoms with E-state index in [0.717, 1.165) is 11.1 Å². The maximum atomic E-state index is 12.3. The van der Waals surface area contributed by atoms with Crippen LogP contribution >= 0.6 is 15.9 Å². The molecule has 0 radical (unpaired) electrons. The number of aryl methyl sites for hydroxylation is 1. The van der Waals surface area contributed by atoms with Crippen molar-refractivity contribution in [2.75, 3.05) is 0 Å². The van der Waals surface area contributed by atoms with E-state index in [1.54, 1.807) is 6.92 Å². The maximum absolute atomic E-state index is 12.3. The summed E-state index contributed by atoms with van der Waals surface area (Å²) < 4.78 is 5.71. The molecule has 4 atom stereocenters. The van der Waals surface area contributed by atoms with Crippen molar-refractivity contribution in [2.45, 2.75) is 57.6 Å². The smallest absolute Gasteiger partial charge is 0.279 e. The zero-order chi connectivity index (χ0) is 19.4. The summed E-state index contributed by atoms with van der Waals surface area (Å²) in [5.74, 6) is 0.262. The molecule has 1 aliphatic heterocycles. The Morgan fingerprint density at radius 2 is 1.85 bits per heavy atom. The molecule has 1 saturated heterocycles. The summed E-state index contributed by atoms with van der Waals surface area (Å²) in [5, 5.41) is 0. The summed E-state index contributed by atoms with van der Waals surface area (Å²) in [5.41, 5.74) is 13.0. The van der Waals surface area contributed by atoms with Crippen LogP contribution in [0.3, 0.4) is 0 Å². The lowest BCUT2D eigenvalue weighted by molar-refractivity contribution is -0.133. The molecule has 0 spiro atoms. The molecule has 144 valence electrons. The van der Waals surface area contributed by atoms with Crippen LogP contribution < -0.4 is 26.4 Å². The van der Waals surface area contributed by atoms with Crippen LogP contribution in [0.1, 0.15) is 31.9 Å². The zero-order valence-corrected chi connectivity index (χ0v) is 17.3. The number of nitrogens with one attached hydrogen (secondary N) is 4. The molecule has 8 heteroatoms. The molecule has 0 aliphatic carbocycles. The van der Waals surface area contributed by atoms with Crippen LogP contribution in [0.4, 0.5) is 0 Å². The van der Waals surface area contributed by atoms with Crippen LogP contribution in [-0.4, -0.2) is 34.8 Å². The number of hydrogen-bond donors (Lipinski definition) is 4. The minimum Gasteiger partial charge on any atom is -0.481 e. The third kappa shape index (κ3) is 4.75. The third-order valence-electron chi connectivity index (χ3n) is 4.60. The van der Waals surface area contributed by atoms with Gasteiger partial charge in [-0.15, -0.1) is 0 Å². The van der Waals surface area contributed by atoms with Gasteiger partial charge in [0.15, 0.2) is 6.10 Å². The Morgan fingerprint density at radius 1 is 1.15 bits per heavy atom. The molecular formula is C18H27BrN4O3. The first-order valence-corrected chi connectivity index (χ1v) is 9.61. The lowest BCUT2D eigenvalue weighted by Crippen LogP contribution is -2.54. The molecule has 7 nitrogen and oxygen atoms in total. The number of benzene rings is 1. The van der Waals surface area contributed by atoms with Gasteiger partial charge in [-0.05, 0) is 43.9 Å². The molecule has 2 amide bonds. The molecule has 4 N–H and O–H groups in total. The topological polar surface area (TPSA) is 91.5 Å². The molecule has 1 aromatic rings. The average molecular weight is 427 g/mol. The Kier molecular flexibility index (Phi) is 7.02. The highest BCUT2D eigenvalue weighted by Gasteiger charge is 2.39. The number of rotatable bonds is 5. The van der Waals surface area contributed by atoms with Gasteiger partial charge in [-0.25, -0.2) is 5.43 Å². The van der Waals surface area contributed by atoms with E-state index < -0.39 is 18.1 Å². The lowest BCUT2D eigenvalue weighted by Gasteiger charge is -2.20. The normalized spacial score (nSPS) is 23.6. The fourth-order valence-corrected chi connectivity index (χ4v) is 3.81. The summed E-state index contributed by atoms with van der Waals surface area (Å²) >= 11 is 3.54. The molecule has 2 rings (SSSR count). The van der Waals surface area contributed by atoms with Gasteiger partial charge in [-0.3, -0.25) is 25.9 Å². The molecule has 0 bridgehead atoms. The van der Waals surface area contributed by atoms with Crippen LogP contribution in [0.2, 0.25) is 0 Å². The van der Waals surface area contributed by atoms with Gasteiger partial charge in [-0.1, -0.05) is 41.9 Å². The molecular weight excluding hydrogens is 400 g/mol. The van der Waals surface area contributed by atoms with Crippen molar-refractivity contribution >= 4 is 27.7 Å². The molecule has 1 aromatic carbocycles. The summed E-state index contributed by atoms with van der Waals surface area (Å²) in [6, 6.07) is 5.31. The molecule has 1 fully saturated rings. The highest BCUT2D eigenvalue weighted by atomic mass is 79.9. The van der Waals surface area contributed by atoms with Gasteiger partial charge in [-0.2, -0.15) is 0 Å². The number of alkyl halides is 1. The predicted molar refractivity (Wildman–Crippen MR) is 104 cm³/mol. The van der Waals surface area contributed by atoms with Gasteiger partial charge in [0.2, 0.25) is 0 Å². The summed E-state index contributed by atoms with van der Waals surface area (Å²) in [4.78, 5) is 24.4. The number of ether oxygens (including phenoxy) is 1. The summed E-state index contributed by atoms with van der Waals surface area (Å²) in [6.07, 6.45) is -0.742. The van der Waals surface area contributed by atoms with Crippen LogP contribution in [0.15, 0.2) is 18.2 Å². The first-order valence-electron chi connectivity index (χ1n) is 8.70. The Labute approximate surface area is 162 Å². The highest BCUT2D eigenvalue weighted by molar-refractivity contribution is 9.09. The first kappa shape index (κ1) is 20.7. The van der Waals surface area contributed by atoms with Crippen LogP contribution in [0.25, 0.3) is 0 Å². The number of halogens is 1. The van der Waals surface area contributed by atoms with E-state index in [2.05, 4.69) is 51.5 Å². The summed E-state index contributed by atoms with van der Waals surface area (Å²) in [7, 11) is 0. The Hall–Kier alpha value is -1.64. The van der Waals surface area contributed by atoms with Gasteiger partial charge < -0.3 is 4.74 Å². The standard InChI is InChI=1S/C18H27BrN4O3/c1-9(2)15-14(19)16(21-20-15)18(25)23-22-17(24)12(5)26-13-8-6-7-10(3)11(13)4/h6-9,12,14-16,20-21H,1-5H3,(H,22,24)(H,23,25). The predicted octanol–water partition coefficient (Wildman–Crippen LogP) is 1.48. The highest BCUT2D eigenvalue weighted by Crippen LogP contribution is 2.22. The molecule has 1 aliphatic rings. The molecule has 1 heterocycles. The Bertz CT molecular complexity index is 668. The minimum atomic E-state index is -0.742. The zero-order valence-electron chi connectivity index (χ0n) is 15.7. The molecule has 0 aromatic heterocycles. The van der Waals surface area contributed by atoms with Crippen molar-refractivity contribution in [3.05, 3.63) is 29.3 Å². The summed E-state index contributed by atoms with van der Waals surface area (Å²) in [6.45, 7) is 9.71. The average Bonchev–Trinajstić information content (AvgIpc) is 2.98. The maximum Gasteiger partial charge on any atom is 0.279 e. The van der Waals surface area contributed by atoms with Crippen molar-refractivity contribution in [3.63, 3.8) is 0 Å². The minimum absolute atomic E-state index is 0.0805. The van der Waals surface area contributed by atoms with Crippen molar-refractivity contribution < 1.29 is 14.3 Å².